The molecular weight excluding hydrogens is 428 g/mol. The van der Waals surface area contributed by atoms with Crippen molar-refractivity contribution >= 4 is 35.5 Å². The van der Waals surface area contributed by atoms with Crippen LogP contribution in [-0.4, -0.2) is 82.3 Å². The Morgan fingerprint density at radius 1 is 1.03 bits per heavy atom. The van der Waals surface area contributed by atoms with Crippen molar-refractivity contribution in [2.45, 2.75) is 31.0 Å². The minimum absolute atomic E-state index is 0.0298. The van der Waals surface area contributed by atoms with E-state index >= 15 is 0 Å². The lowest BCUT2D eigenvalue weighted by Crippen LogP contribution is -2.57. The first-order chi connectivity index (χ1) is 14.7. The van der Waals surface area contributed by atoms with Crippen molar-refractivity contribution in [2.75, 3.05) is 25.2 Å². The standard InChI is InChI=1S/C19H28N4O7S/c1-31-7-6-14(18(29)21-9-16(26)27)22-19(30)15(23-17(28)13(20)10-24)8-11-2-4-12(25)5-3-11/h2-5,13-15,24-25H,6-10,20H2,1H3,(H,21,29)(H,22,30)(H,23,28)(H,26,27). The largest absolute Gasteiger partial charge is 0.508 e. The molecule has 0 saturated carbocycles. The third-order valence-electron chi connectivity index (χ3n) is 4.20. The number of hydrogen-bond acceptors (Lipinski definition) is 8. The molecule has 11 nitrogen and oxygen atoms in total. The number of carbonyl (C=O) groups excluding carboxylic acids is 3. The predicted molar refractivity (Wildman–Crippen MR) is 114 cm³/mol. The number of aliphatic carboxylic acids is 1. The maximum atomic E-state index is 12.9. The van der Waals surface area contributed by atoms with Crippen LogP contribution < -0.4 is 21.7 Å². The summed E-state index contributed by atoms with van der Waals surface area (Å²) >= 11 is 1.44. The Balaban J connectivity index is 2.99. The van der Waals surface area contributed by atoms with E-state index in [1.54, 1.807) is 12.1 Å². The van der Waals surface area contributed by atoms with Gasteiger partial charge in [0.1, 0.15) is 30.4 Å². The Morgan fingerprint density at radius 3 is 2.19 bits per heavy atom. The molecule has 0 spiro atoms. The Morgan fingerprint density at radius 2 is 1.65 bits per heavy atom. The first kappa shape index (κ1) is 26.2. The molecule has 0 aliphatic carbocycles. The first-order valence-corrected chi connectivity index (χ1v) is 10.8. The molecule has 3 amide bonds. The Kier molecular flexibility index (Phi) is 11.4. The summed E-state index contributed by atoms with van der Waals surface area (Å²) in [5, 5.41) is 34.5. The van der Waals surface area contributed by atoms with Crippen LogP contribution in [0, 0.1) is 0 Å². The topological polar surface area (TPSA) is 191 Å². The highest BCUT2D eigenvalue weighted by molar-refractivity contribution is 7.98. The summed E-state index contributed by atoms with van der Waals surface area (Å²) in [6.07, 6.45) is 2.09. The second kappa shape index (κ2) is 13.5. The fourth-order valence-corrected chi connectivity index (χ4v) is 2.97. The molecule has 1 aromatic rings. The van der Waals surface area contributed by atoms with Gasteiger partial charge in [0.25, 0.3) is 0 Å². The van der Waals surface area contributed by atoms with Gasteiger partial charge in [0.2, 0.25) is 17.7 Å². The number of nitrogens with one attached hydrogen (secondary N) is 3. The summed E-state index contributed by atoms with van der Waals surface area (Å²) in [6, 6.07) is 2.61. The van der Waals surface area contributed by atoms with Crippen LogP contribution in [-0.2, 0) is 25.6 Å². The molecule has 31 heavy (non-hydrogen) atoms. The Hall–Kier alpha value is -2.83. The van der Waals surface area contributed by atoms with Crippen molar-refractivity contribution < 1.29 is 34.5 Å². The van der Waals surface area contributed by atoms with Gasteiger partial charge in [-0.25, -0.2) is 0 Å². The Bertz CT molecular complexity index is 760. The highest BCUT2D eigenvalue weighted by Crippen LogP contribution is 2.12. The molecule has 0 fully saturated rings. The third-order valence-corrected chi connectivity index (χ3v) is 4.84. The number of carbonyl (C=O) groups is 4. The second-order valence-electron chi connectivity index (χ2n) is 6.68. The van der Waals surface area contributed by atoms with E-state index in [1.165, 1.54) is 23.9 Å². The van der Waals surface area contributed by atoms with E-state index in [1.807, 2.05) is 6.26 Å². The zero-order chi connectivity index (χ0) is 23.4. The molecule has 172 valence electrons. The number of rotatable bonds is 13. The number of aliphatic hydroxyl groups excluding tert-OH is 1. The summed E-state index contributed by atoms with van der Waals surface area (Å²) in [4.78, 5) is 48.1. The summed E-state index contributed by atoms with van der Waals surface area (Å²) in [6.45, 7) is -1.21. The smallest absolute Gasteiger partial charge is 0.322 e. The minimum Gasteiger partial charge on any atom is -0.508 e. The van der Waals surface area contributed by atoms with Gasteiger partial charge in [0, 0.05) is 6.42 Å². The van der Waals surface area contributed by atoms with Crippen LogP contribution in [0.15, 0.2) is 24.3 Å². The maximum Gasteiger partial charge on any atom is 0.322 e. The minimum atomic E-state index is -1.23. The number of carboxylic acids is 1. The number of hydrogen-bond donors (Lipinski definition) is 7. The van der Waals surface area contributed by atoms with Crippen molar-refractivity contribution in [3.05, 3.63) is 29.8 Å². The van der Waals surface area contributed by atoms with Crippen molar-refractivity contribution in [3.8, 4) is 5.75 Å². The van der Waals surface area contributed by atoms with E-state index < -0.39 is 55.0 Å². The molecule has 0 aliphatic heterocycles. The number of aromatic hydroxyl groups is 1. The number of benzene rings is 1. The average molecular weight is 457 g/mol. The normalized spacial score (nSPS) is 13.5. The fraction of sp³-hybridized carbons (Fsp3) is 0.474. The summed E-state index contributed by atoms with van der Waals surface area (Å²) < 4.78 is 0. The van der Waals surface area contributed by atoms with Gasteiger partial charge >= 0.3 is 5.97 Å². The highest BCUT2D eigenvalue weighted by atomic mass is 32.2. The molecule has 0 heterocycles. The first-order valence-electron chi connectivity index (χ1n) is 9.41. The van der Waals surface area contributed by atoms with E-state index in [0.29, 0.717) is 11.3 Å². The molecular formula is C19H28N4O7S. The summed E-state index contributed by atoms with van der Waals surface area (Å²) in [5.74, 6) is -2.76. The molecule has 0 radical (unpaired) electrons. The third kappa shape index (κ3) is 9.68. The molecule has 3 atom stereocenters. The van der Waals surface area contributed by atoms with Crippen LogP contribution in [0.4, 0.5) is 0 Å². The summed E-state index contributed by atoms with van der Waals surface area (Å²) in [7, 11) is 0. The van der Waals surface area contributed by atoms with Crippen LogP contribution in [0.2, 0.25) is 0 Å². The van der Waals surface area contributed by atoms with Gasteiger partial charge in [-0.3, -0.25) is 19.2 Å². The van der Waals surface area contributed by atoms with Crippen LogP contribution in [0.25, 0.3) is 0 Å². The quantitative estimate of drug-likeness (QED) is 0.179. The number of phenols is 1. The molecule has 1 aromatic carbocycles. The predicted octanol–water partition coefficient (Wildman–Crippen LogP) is -1.82. The lowest BCUT2D eigenvalue weighted by molar-refractivity contribution is -0.138. The molecule has 0 saturated heterocycles. The zero-order valence-corrected chi connectivity index (χ0v) is 17.9. The number of phenolic OH excluding ortho intramolecular Hbond substituents is 1. The van der Waals surface area contributed by atoms with Crippen molar-refractivity contribution in [1.29, 1.82) is 0 Å². The van der Waals surface area contributed by atoms with Gasteiger partial charge < -0.3 is 37.0 Å². The maximum absolute atomic E-state index is 12.9. The van der Waals surface area contributed by atoms with E-state index in [0.717, 1.165) is 0 Å². The van der Waals surface area contributed by atoms with Gasteiger partial charge in [-0.15, -0.1) is 0 Å². The highest BCUT2D eigenvalue weighted by Gasteiger charge is 2.28. The molecule has 1 rings (SSSR count). The molecule has 3 unspecified atom stereocenters. The lowest BCUT2D eigenvalue weighted by Gasteiger charge is -2.24. The van der Waals surface area contributed by atoms with Gasteiger partial charge in [0.15, 0.2) is 0 Å². The number of thioether (sulfide) groups is 1. The van der Waals surface area contributed by atoms with Crippen LogP contribution >= 0.6 is 11.8 Å². The van der Waals surface area contributed by atoms with E-state index in [2.05, 4.69) is 16.0 Å². The van der Waals surface area contributed by atoms with Gasteiger partial charge in [-0.1, -0.05) is 12.1 Å². The average Bonchev–Trinajstić information content (AvgIpc) is 2.74. The SMILES string of the molecule is CSCCC(NC(=O)C(Cc1ccc(O)cc1)NC(=O)C(N)CO)C(=O)NCC(=O)O. The van der Waals surface area contributed by atoms with Gasteiger partial charge in [0.05, 0.1) is 6.61 Å². The fourth-order valence-electron chi connectivity index (χ4n) is 2.50. The number of aliphatic hydroxyl groups is 1. The van der Waals surface area contributed by atoms with Gasteiger partial charge in [-0.2, -0.15) is 11.8 Å². The molecule has 0 aliphatic rings. The van der Waals surface area contributed by atoms with E-state index in [9.17, 15) is 24.3 Å². The van der Waals surface area contributed by atoms with E-state index in [4.69, 9.17) is 15.9 Å². The zero-order valence-electron chi connectivity index (χ0n) is 17.0. The monoisotopic (exact) mass is 456 g/mol. The second-order valence-corrected chi connectivity index (χ2v) is 7.66. The van der Waals surface area contributed by atoms with Crippen LogP contribution in [0.5, 0.6) is 5.75 Å². The lowest BCUT2D eigenvalue weighted by atomic mass is 10.0. The van der Waals surface area contributed by atoms with E-state index in [-0.39, 0.29) is 18.6 Å². The number of nitrogens with two attached hydrogens (primary N) is 1. The summed E-state index contributed by atoms with van der Waals surface area (Å²) in [5.41, 5.74) is 6.13. The Labute approximate surface area is 183 Å². The van der Waals surface area contributed by atoms with Gasteiger partial charge in [-0.05, 0) is 36.1 Å². The number of amides is 3. The van der Waals surface area contributed by atoms with Crippen LogP contribution in [0.3, 0.4) is 0 Å². The molecule has 0 aromatic heterocycles. The molecule has 12 heteroatoms. The van der Waals surface area contributed by atoms with Crippen molar-refractivity contribution in [3.63, 3.8) is 0 Å². The molecule has 0 bridgehead atoms. The molecule has 8 N–H and O–H groups in total. The van der Waals surface area contributed by atoms with Crippen LogP contribution in [0.1, 0.15) is 12.0 Å². The number of carboxylic acid groups (broad SMARTS) is 1. The van der Waals surface area contributed by atoms with Crippen molar-refractivity contribution in [1.82, 2.24) is 16.0 Å². The van der Waals surface area contributed by atoms with Crippen molar-refractivity contribution in [2.24, 2.45) is 5.73 Å².